The molecule has 0 bridgehead atoms. The maximum Gasteiger partial charge on any atom is 0.251 e. The van der Waals surface area contributed by atoms with E-state index in [0.717, 1.165) is 12.8 Å². The summed E-state index contributed by atoms with van der Waals surface area (Å²) in [6, 6.07) is 5.21. The molecule has 106 valence electrons. The molecule has 0 saturated carbocycles. The van der Waals surface area contributed by atoms with Gasteiger partial charge in [0.2, 0.25) is 0 Å². The fourth-order valence-electron chi connectivity index (χ4n) is 1.62. The molecule has 0 fully saturated rings. The Kier molecular flexibility index (Phi) is 6.15. The van der Waals surface area contributed by atoms with E-state index < -0.39 is 0 Å². The molecule has 1 unspecified atom stereocenters. The molecule has 0 radical (unpaired) electrons. The highest BCUT2D eigenvalue weighted by atomic mass is 16.5. The minimum atomic E-state index is -0.152. The molecule has 0 spiro atoms. The summed E-state index contributed by atoms with van der Waals surface area (Å²) < 4.78 is 10.3. The van der Waals surface area contributed by atoms with Gasteiger partial charge in [-0.1, -0.05) is 6.92 Å². The molecule has 1 aromatic rings. The molecule has 1 aromatic carbocycles. The summed E-state index contributed by atoms with van der Waals surface area (Å²) in [5.74, 6) is 1.03. The van der Waals surface area contributed by atoms with E-state index in [1.807, 2.05) is 6.92 Å². The average Bonchev–Trinajstić information content (AvgIpc) is 2.46. The van der Waals surface area contributed by atoms with Crippen molar-refractivity contribution < 1.29 is 14.3 Å². The number of ether oxygens (including phenoxy) is 2. The number of nitrogens with one attached hydrogen (secondary N) is 1. The Morgan fingerprint density at radius 2 is 1.84 bits per heavy atom. The molecule has 5 heteroatoms. The summed E-state index contributed by atoms with van der Waals surface area (Å²) in [4.78, 5) is 12.0. The zero-order valence-corrected chi connectivity index (χ0v) is 11.7. The van der Waals surface area contributed by atoms with Gasteiger partial charge in [-0.2, -0.15) is 0 Å². The number of methoxy groups -OCH3 is 2. The van der Waals surface area contributed by atoms with Crippen LogP contribution < -0.4 is 20.5 Å². The van der Waals surface area contributed by atoms with E-state index in [1.54, 1.807) is 32.4 Å². The van der Waals surface area contributed by atoms with Gasteiger partial charge in [-0.05, 0) is 25.0 Å². The number of benzene rings is 1. The van der Waals surface area contributed by atoms with Gasteiger partial charge in [-0.25, -0.2) is 0 Å². The van der Waals surface area contributed by atoms with Gasteiger partial charge in [0, 0.05) is 24.2 Å². The maximum absolute atomic E-state index is 12.0. The van der Waals surface area contributed by atoms with Crippen LogP contribution in [0.3, 0.4) is 0 Å². The number of hydrogen-bond donors (Lipinski definition) is 2. The van der Waals surface area contributed by atoms with Crippen LogP contribution in [0.1, 0.15) is 30.1 Å². The van der Waals surface area contributed by atoms with Crippen molar-refractivity contribution in [3.63, 3.8) is 0 Å². The van der Waals surface area contributed by atoms with Gasteiger partial charge in [0.1, 0.15) is 11.5 Å². The molecule has 1 amide bonds. The fourth-order valence-corrected chi connectivity index (χ4v) is 1.62. The van der Waals surface area contributed by atoms with Gasteiger partial charge in [-0.15, -0.1) is 0 Å². The summed E-state index contributed by atoms with van der Waals surface area (Å²) >= 11 is 0. The number of carbonyl (C=O) groups is 1. The number of amides is 1. The van der Waals surface area contributed by atoms with E-state index in [2.05, 4.69) is 5.32 Å². The van der Waals surface area contributed by atoms with Crippen molar-refractivity contribution in [1.82, 2.24) is 5.32 Å². The molecular weight excluding hydrogens is 244 g/mol. The highest BCUT2D eigenvalue weighted by Gasteiger charge is 2.09. The summed E-state index contributed by atoms with van der Waals surface area (Å²) in [6.07, 6.45) is 1.67. The topological polar surface area (TPSA) is 73.6 Å². The minimum Gasteiger partial charge on any atom is -0.497 e. The Bertz CT molecular complexity index is 399. The molecule has 1 atom stereocenters. The molecule has 0 aliphatic carbocycles. The third kappa shape index (κ3) is 4.79. The van der Waals surface area contributed by atoms with Gasteiger partial charge in [0.05, 0.1) is 14.2 Å². The molecule has 0 saturated heterocycles. The van der Waals surface area contributed by atoms with Crippen LogP contribution in [0, 0.1) is 0 Å². The summed E-state index contributed by atoms with van der Waals surface area (Å²) in [5.41, 5.74) is 6.31. The molecule has 0 aromatic heterocycles. The molecule has 0 heterocycles. The number of hydrogen-bond acceptors (Lipinski definition) is 4. The predicted molar refractivity (Wildman–Crippen MR) is 74.8 cm³/mol. The Hall–Kier alpha value is -1.75. The van der Waals surface area contributed by atoms with Gasteiger partial charge >= 0.3 is 0 Å². The predicted octanol–water partition coefficient (Wildman–Crippen LogP) is 1.56. The van der Waals surface area contributed by atoms with Crippen LogP contribution in [0.4, 0.5) is 0 Å². The van der Waals surface area contributed by atoms with Gasteiger partial charge in [-0.3, -0.25) is 4.79 Å². The van der Waals surface area contributed by atoms with E-state index in [0.29, 0.717) is 23.6 Å². The third-order valence-electron chi connectivity index (χ3n) is 2.94. The first-order valence-corrected chi connectivity index (χ1v) is 6.37. The maximum atomic E-state index is 12.0. The molecule has 1 rings (SSSR count). The lowest BCUT2D eigenvalue weighted by molar-refractivity contribution is 0.0952. The van der Waals surface area contributed by atoms with Gasteiger partial charge < -0.3 is 20.5 Å². The van der Waals surface area contributed by atoms with E-state index in [9.17, 15) is 4.79 Å². The minimum absolute atomic E-state index is 0.125. The van der Waals surface area contributed by atoms with E-state index in [4.69, 9.17) is 15.2 Å². The van der Waals surface area contributed by atoms with Crippen LogP contribution in [0.15, 0.2) is 18.2 Å². The zero-order valence-electron chi connectivity index (χ0n) is 11.7. The number of nitrogens with two attached hydrogens (primary N) is 1. The van der Waals surface area contributed by atoms with Crippen LogP contribution in [0.5, 0.6) is 11.5 Å². The molecule has 3 N–H and O–H groups in total. The monoisotopic (exact) mass is 266 g/mol. The van der Waals surface area contributed by atoms with Crippen molar-refractivity contribution >= 4 is 5.91 Å². The van der Waals surface area contributed by atoms with Crippen molar-refractivity contribution in [2.24, 2.45) is 5.73 Å². The smallest absolute Gasteiger partial charge is 0.251 e. The first kappa shape index (κ1) is 15.3. The van der Waals surface area contributed by atoms with Gasteiger partial charge in [0.25, 0.3) is 5.91 Å². The van der Waals surface area contributed by atoms with Crippen molar-refractivity contribution in [3.05, 3.63) is 23.8 Å². The Morgan fingerprint density at radius 1 is 1.26 bits per heavy atom. The number of carbonyl (C=O) groups excluding carboxylic acids is 1. The van der Waals surface area contributed by atoms with E-state index in [-0.39, 0.29) is 11.9 Å². The molecule has 5 nitrogen and oxygen atoms in total. The molecule has 19 heavy (non-hydrogen) atoms. The molecule has 0 aliphatic rings. The standard InChI is InChI=1S/C14H22N2O3/c1-4-11(15)5-6-16-14(17)10-7-12(18-2)9-13(8-10)19-3/h7-9,11H,4-6,15H2,1-3H3,(H,16,17). The SMILES string of the molecule is CCC(N)CCNC(=O)c1cc(OC)cc(OC)c1. The average molecular weight is 266 g/mol. The molecule has 0 aliphatic heterocycles. The van der Waals surface area contributed by atoms with Gasteiger partial charge in [0.15, 0.2) is 0 Å². The summed E-state index contributed by atoms with van der Waals surface area (Å²) in [7, 11) is 3.10. The lowest BCUT2D eigenvalue weighted by Gasteiger charge is -2.11. The van der Waals surface area contributed by atoms with E-state index >= 15 is 0 Å². The highest BCUT2D eigenvalue weighted by molar-refractivity contribution is 5.95. The highest BCUT2D eigenvalue weighted by Crippen LogP contribution is 2.22. The summed E-state index contributed by atoms with van der Waals surface area (Å²) in [5, 5.41) is 2.84. The lowest BCUT2D eigenvalue weighted by Crippen LogP contribution is -2.30. The van der Waals surface area contributed by atoms with Crippen LogP contribution in [0.25, 0.3) is 0 Å². The quantitative estimate of drug-likeness (QED) is 0.785. The van der Waals surface area contributed by atoms with Crippen molar-refractivity contribution in [1.29, 1.82) is 0 Å². The van der Waals surface area contributed by atoms with Crippen LogP contribution >= 0.6 is 0 Å². The van der Waals surface area contributed by atoms with Crippen LogP contribution in [0.2, 0.25) is 0 Å². The van der Waals surface area contributed by atoms with Crippen molar-refractivity contribution in [2.75, 3.05) is 20.8 Å². The second-order valence-corrected chi connectivity index (χ2v) is 4.31. The third-order valence-corrected chi connectivity index (χ3v) is 2.94. The molecular formula is C14H22N2O3. The normalized spacial score (nSPS) is 11.8. The number of rotatable bonds is 7. The Balaban J connectivity index is 2.65. The fraction of sp³-hybridized carbons (Fsp3) is 0.500. The van der Waals surface area contributed by atoms with Crippen LogP contribution in [-0.2, 0) is 0 Å². The Labute approximate surface area is 114 Å². The largest absolute Gasteiger partial charge is 0.497 e. The zero-order chi connectivity index (χ0) is 14.3. The second kappa shape index (κ2) is 7.63. The first-order chi connectivity index (χ1) is 9.10. The van der Waals surface area contributed by atoms with Crippen molar-refractivity contribution in [3.8, 4) is 11.5 Å². The Morgan fingerprint density at radius 3 is 2.32 bits per heavy atom. The first-order valence-electron chi connectivity index (χ1n) is 6.37. The second-order valence-electron chi connectivity index (χ2n) is 4.31. The van der Waals surface area contributed by atoms with E-state index in [1.165, 1.54) is 0 Å². The van der Waals surface area contributed by atoms with Crippen molar-refractivity contribution in [2.45, 2.75) is 25.8 Å². The summed E-state index contributed by atoms with van der Waals surface area (Å²) in [6.45, 7) is 2.59. The van der Waals surface area contributed by atoms with Crippen LogP contribution in [-0.4, -0.2) is 32.7 Å². The lowest BCUT2D eigenvalue weighted by atomic mass is 10.1.